The molecule has 0 aliphatic carbocycles. The molecule has 8 heteroatoms. The first-order valence-corrected chi connectivity index (χ1v) is 9.12. The summed E-state index contributed by atoms with van der Waals surface area (Å²) in [6, 6.07) is 3.62. The molecule has 1 fully saturated rings. The first kappa shape index (κ1) is 19.2. The largest absolute Gasteiger partial charge is 0.481 e. The van der Waals surface area contributed by atoms with Gasteiger partial charge in [0.25, 0.3) is 5.91 Å². The van der Waals surface area contributed by atoms with Gasteiger partial charge in [0.15, 0.2) is 5.82 Å². The van der Waals surface area contributed by atoms with Crippen molar-refractivity contribution in [3.8, 4) is 5.82 Å². The number of carbonyl (C=O) groups excluding carboxylic acids is 1. The highest BCUT2D eigenvalue weighted by molar-refractivity contribution is 5.96. The topological polar surface area (TPSA) is 97.8 Å². The van der Waals surface area contributed by atoms with Gasteiger partial charge in [-0.3, -0.25) is 14.2 Å². The number of aromatic nitrogens is 2. The molecule has 8 nitrogen and oxygen atoms in total. The zero-order valence-corrected chi connectivity index (χ0v) is 15.9. The van der Waals surface area contributed by atoms with Crippen molar-refractivity contribution in [3.63, 3.8) is 0 Å². The maximum Gasteiger partial charge on any atom is 0.305 e. The standard InChI is InChI=1S/C19H25N3O5/c1-12-9-16(14(3)22(12)17-10-13(2)27-20-17)19(25)21(7-6-18(23)24)11-15-5-4-8-26-15/h9-10,15H,4-8,11H2,1-3H3,(H,23,24). The van der Waals surface area contributed by atoms with Gasteiger partial charge in [0.1, 0.15) is 5.76 Å². The van der Waals surface area contributed by atoms with Gasteiger partial charge in [-0.25, -0.2) is 0 Å². The van der Waals surface area contributed by atoms with Crippen molar-refractivity contribution in [1.82, 2.24) is 14.6 Å². The molecule has 0 bridgehead atoms. The molecule has 27 heavy (non-hydrogen) atoms. The van der Waals surface area contributed by atoms with Crippen molar-refractivity contribution in [3.05, 3.63) is 34.8 Å². The zero-order chi connectivity index (χ0) is 19.6. The van der Waals surface area contributed by atoms with Gasteiger partial charge in [-0.05, 0) is 39.7 Å². The third kappa shape index (κ3) is 4.21. The summed E-state index contributed by atoms with van der Waals surface area (Å²) in [6.07, 6.45) is 1.71. The maximum atomic E-state index is 13.2. The zero-order valence-electron chi connectivity index (χ0n) is 15.9. The van der Waals surface area contributed by atoms with E-state index in [1.807, 2.05) is 37.5 Å². The monoisotopic (exact) mass is 375 g/mol. The second-order valence-corrected chi connectivity index (χ2v) is 6.95. The van der Waals surface area contributed by atoms with Crippen LogP contribution in [0.2, 0.25) is 0 Å². The Kier molecular flexibility index (Phi) is 5.65. The third-order valence-electron chi connectivity index (χ3n) is 4.84. The summed E-state index contributed by atoms with van der Waals surface area (Å²) in [5.41, 5.74) is 2.15. The highest BCUT2D eigenvalue weighted by Crippen LogP contribution is 2.23. The van der Waals surface area contributed by atoms with Crippen LogP contribution in [0.5, 0.6) is 0 Å². The average Bonchev–Trinajstić information content (AvgIpc) is 3.32. The highest BCUT2D eigenvalue weighted by Gasteiger charge is 2.27. The molecule has 0 aromatic carbocycles. The first-order valence-electron chi connectivity index (χ1n) is 9.12. The van der Waals surface area contributed by atoms with Crippen molar-refractivity contribution in [2.75, 3.05) is 19.7 Å². The lowest BCUT2D eigenvalue weighted by atomic mass is 10.1. The molecule has 2 aromatic rings. The minimum Gasteiger partial charge on any atom is -0.481 e. The molecule has 146 valence electrons. The molecule has 0 saturated carbocycles. The van der Waals surface area contributed by atoms with E-state index >= 15 is 0 Å². The van der Waals surface area contributed by atoms with Crippen LogP contribution < -0.4 is 0 Å². The summed E-state index contributed by atoms with van der Waals surface area (Å²) >= 11 is 0. The van der Waals surface area contributed by atoms with Crippen molar-refractivity contribution in [1.29, 1.82) is 0 Å². The fourth-order valence-corrected chi connectivity index (χ4v) is 3.50. The minimum absolute atomic E-state index is 0.0376. The molecule has 1 N–H and O–H groups in total. The van der Waals surface area contributed by atoms with Gasteiger partial charge in [-0.1, -0.05) is 5.16 Å². The highest BCUT2D eigenvalue weighted by atomic mass is 16.5. The Hall–Kier alpha value is -2.61. The van der Waals surface area contributed by atoms with Crippen LogP contribution in [0.15, 0.2) is 16.7 Å². The Bertz CT molecular complexity index is 833. The van der Waals surface area contributed by atoms with Gasteiger partial charge < -0.3 is 19.3 Å². The number of amides is 1. The predicted octanol–water partition coefficient (Wildman–Crippen LogP) is 2.49. The molecule has 0 spiro atoms. The Labute approximate surface area is 157 Å². The smallest absolute Gasteiger partial charge is 0.305 e. The summed E-state index contributed by atoms with van der Waals surface area (Å²) in [4.78, 5) is 25.8. The number of aryl methyl sites for hydroxylation is 2. The number of aliphatic carboxylic acids is 1. The van der Waals surface area contributed by atoms with Gasteiger partial charge in [0.05, 0.1) is 18.1 Å². The molecule has 0 radical (unpaired) electrons. The fourth-order valence-electron chi connectivity index (χ4n) is 3.50. The SMILES string of the molecule is Cc1cc(-n2c(C)cc(C(=O)N(CCC(=O)O)CC3CCCO3)c2C)no1. The van der Waals surface area contributed by atoms with E-state index in [0.29, 0.717) is 30.3 Å². The maximum absolute atomic E-state index is 13.2. The Morgan fingerprint density at radius 3 is 2.70 bits per heavy atom. The molecule has 1 unspecified atom stereocenters. The van der Waals surface area contributed by atoms with E-state index in [1.165, 1.54) is 0 Å². The number of nitrogens with zero attached hydrogens (tertiary/aromatic N) is 3. The molecule has 3 heterocycles. The number of rotatable bonds is 7. The van der Waals surface area contributed by atoms with Gasteiger partial charge in [-0.2, -0.15) is 0 Å². The second kappa shape index (κ2) is 7.96. The predicted molar refractivity (Wildman–Crippen MR) is 97.2 cm³/mol. The van der Waals surface area contributed by atoms with Crippen LogP contribution >= 0.6 is 0 Å². The summed E-state index contributed by atoms with van der Waals surface area (Å²) < 4.78 is 12.7. The van der Waals surface area contributed by atoms with Gasteiger partial charge in [-0.15, -0.1) is 0 Å². The molecule has 1 atom stereocenters. The first-order chi connectivity index (χ1) is 12.9. The van der Waals surface area contributed by atoms with Crippen molar-refractivity contribution in [2.24, 2.45) is 0 Å². The van der Waals surface area contributed by atoms with Crippen LogP contribution in [0.1, 0.15) is 46.8 Å². The van der Waals surface area contributed by atoms with Crippen LogP contribution in [0, 0.1) is 20.8 Å². The fraction of sp³-hybridized carbons (Fsp3) is 0.526. The lowest BCUT2D eigenvalue weighted by Gasteiger charge is -2.25. The van der Waals surface area contributed by atoms with Crippen molar-refractivity contribution in [2.45, 2.75) is 46.1 Å². The summed E-state index contributed by atoms with van der Waals surface area (Å²) in [7, 11) is 0. The molecule has 1 aliphatic heterocycles. The van der Waals surface area contributed by atoms with Crippen LogP contribution in [-0.2, 0) is 9.53 Å². The number of ether oxygens (including phenoxy) is 1. The molecule has 1 saturated heterocycles. The van der Waals surface area contributed by atoms with E-state index in [0.717, 1.165) is 24.2 Å². The van der Waals surface area contributed by atoms with Crippen molar-refractivity contribution < 1.29 is 24.0 Å². The van der Waals surface area contributed by atoms with E-state index in [2.05, 4.69) is 5.16 Å². The van der Waals surface area contributed by atoms with E-state index in [-0.39, 0.29) is 25.0 Å². The van der Waals surface area contributed by atoms with E-state index in [4.69, 9.17) is 14.4 Å². The summed E-state index contributed by atoms with van der Waals surface area (Å²) in [5.74, 6) is 0.194. The van der Waals surface area contributed by atoms with Crippen LogP contribution in [-0.4, -0.2) is 57.4 Å². The molecule has 1 aliphatic rings. The van der Waals surface area contributed by atoms with Crippen molar-refractivity contribution >= 4 is 11.9 Å². The number of hydrogen-bond acceptors (Lipinski definition) is 5. The lowest BCUT2D eigenvalue weighted by Crippen LogP contribution is -2.39. The molecule has 2 aromatic heterocycles. The van der Waals surface area contributed by atoms with Gasteiger partial charge in [0.2, 0.25) is 0 Å². The molecular weight excluding hydrogens is 350 g/mol. The van der Waals surface area contributed by atoms with E-state index < -0.39 is 5.97 Å². The number of carbonyl (C=O) groups is 2. The van der Waals surface area contributed by atoms with E-state index in [9.17, 15) is 9.59 Å². The quantitative estimate of drug-likeness (QED) is 0.798. The van der Waals surface area contributed by atoms with Crippen LogP contribution in [0.4, 0.5) is 0 Å². The number of hydrogen-bond donors (Lipinski definition) is 1. The third-order valence-corrected chi connectivity index (χ3v) is 4.84. The Balaban J connectivity index is 1.87. The summed E-state index contributed by atoms with van der Waals surface area (Å²) in [5, 5.41) is 13.1. The number of carboxylic acid groups (broad SMARTS) is 1. The van der Waals surface area contributed by atoms with Gasteiger partial charge >= 0.3 is 5.97 Å². The Morgan fingerprint density at radius 2 is 2.11 bits per heavy atom. The molecule has 3 rings (SSSR count). The van der Waals surface area contributed by atoms with E-state index in [1.54, 1.807) is 4.90 Å². The second-order valence-electron chi connectivity index (χ2n) is 6.95. The molecular formula is C19H25N3O5. The van der Waals surface area contributed by atoms with Crippen LogP contribution in [0.25, 0.3) is 5.82 Å². The van der Waals surface area contributed by atoms with Gasteiger partial charge in [0, 0.05) is 37.2 Å². The summed E-state index contributed by atoms with van der Waals surface area (Å²) in [6.45, 7) is 6.80. The average molecular weight is 375 g/mol. The normalized spacial score (nSPS) is 16.6. The minimum atomic E-state index is -0.927. The molecule has 1 amide bonds. The Morgan fingerprint density at radius 1 is 1.33 bits per heavy atom. The van der Waals surface area contributed by atoms with Crippen LogP contribution in [0.3, 0.4) is 0 Å². The lowest BCUT2D eigenvalue weighted by molar-refractivity contribution is -0.137. The number of carboxylic acids is 1.